The summed E-state index contributed by atoms with van der Waals surface area (Å²) < 4.78 is 10.4. The van der Waals surface area contributed by atoms with Crippen molar-refractivity contribution < 1.29 is 19.1 Å². The van der Waals surface area contributed by atoms with Crippen LogP contribution in [-0.2, 0) is 9.47 Å². The molecule has 0 unspecified atom stereocenters. The minimum atomic E-state index is 0.0385. The highest BCUT2D eigenvalue weighted by atomic mass is 35.5. The minimum absolute atomic E-state index is 0.0385. The average molecular weight is 700 g/mol. The number of morpholine rings is 2. The number of pyridine rings is 2. The molecule has 0 spiro atoms. The van der Waals surface area contributed by atoms with Gasteiger partial charge < -0.3 is 30.3 Å². The first-order chi connectivity index (χ1) is 22.7. The number of nitrogens with one attached hydrogen (secondary N) is 3. The van der Waals surface area contributed by atoms with Crippen LogP contribution in [0.5, 0.6) is 0 Å². The molecule has 4 aromatic rings. The second kappa shape index (κ2) is 18.5. The van der Waals surface area contributed by atoms with Gasteiger partial charge in [0.25, 0.3) is 0 Å². The minimum Gasteiger partial charge on any atom is -0.379 e. The van der Waals surface area contributed by atoms with Crippen LogP contribution >= 0.6 is 34.8 Å². The normalized spacial score (nSPS) is 14.1. The van der Waals surface area contributed by atoms with Crippen molar-refractivity contribution in [2.75, 3.05) is 68.1 Å². The van der Waals surface area contributed by atoms with Crippen molar-refractivity contribution >= 4 is 74.9 Å². The number of carbonyl (C=O) groups is 2. The number of rotatable bonds is 7. The summed E-state index contributed by atoms with van der Waals surface area (Å²) in [6, 6.07) is 21.6. The van der Waals surface area contributed by atoms with Gasteiger partial charge in [-0.15, -0.1) is 0 Å². The quantitative estimate of drug-likeness (QED) is 0.133. The lowest BCUT2D eigenvalue weighted by Gasteiger charge is -2.28. The van der Waals surface area contributed by atoms with Crippen LogP contribution in [-0.4, -0.2) is 74.1 Å². The maximum absolute atomic E-state index is 11.3. The number of anilines is 5. The van der Waals surface area contributed by atoms with Crippen LogP contribution in [0.2, 0.25) is 15.5 Å². The molecule has 0 atom stereocenters. The van der Waals surface area contributed by atoms with Crippen molar-refractivity contribution in [1.82, 2.24) is 15.3 Å². The van der Waals surface area contributed by atoms with E-state index < -0.39 is 0 Å². The van der Waals surface area contributed by atoms with Gasteiger partial charge in [-0.1, -0.05) is 34.8 Å². The predicted molar refractivity (Wildman–Crippen MR) is 190 cm³/mol. The summed E-state index contributed by atoms with van der Waals surface area (Å²) in [5, 5.41) is 10.7. The zero-order valence-corrected chi connectivity index (χ0v) is 28.5. The van der Waals surface area contributed by atoms with Gasteiger partial charge in [0.15, 0.2) is 11.6 Å². The summed E-state index contributed by atoms with van der Waals surface area (Å²) in [5.74, 6) is 0.929. The Labute approximate surface area is 289 Å². The predicted octanol–water partition coefficient (Wildman–Crippen LogP) is 7.46. The summed E-state index contributed by atoms with van der Waals surface area (Å²) in [4.78, 5) is 32.9. The monoisotopic (exact) mass is 698 g/mol. The molecule has 248 valence electrons. The summed E-state index contributed by atoms with van der Waals surface area (Å²) in [6.07, 6.45) is 0. The Kier molecular flexibility index (Phi) is 14.2. The number of hydrogen-bond acceptors (Lipinski definition) is 10. The Morgan fingerprint density at radius 1 is 0.638 bits per heavy atom. The van der Waals surface area contributed by atoms with Gasteiger partial charge >= 0.3 is 0 Å². The molecule has 6 rings (SSSR count). The average Bonchev–Trinajstić information content (AvgIpc) is 3.06. The molecule has 0 bridgehead atoms. The molecular weight excluding hydrogens is 663 g/mol. The van der Waals surface area contributed by atoms with Crippen LogP contribution < -0.4 is 20.9 Å². The zero-order valence-electron chi connectivity index (χ0n) is 26.2. The van der Waals surface area contributed by atoms with Gasteiger partial charge in [-0.25, -0.2) is 9.97 Å². The second-order valence-electron chi connectivity index (χ2n) is 10.5. The Balaban J connectivity index is 0.000000184. The van der Waals surface area contributed by atoms with Crippen molar-refractivity contribution in [3.63, 3.8) is 0 Å². The first-order valence-electron chi connectivity index (χ1n) is 15.0. The number of carbonyl (C=O) groups excluding carboxylic acids is 2. The van der Waals surface area contributed by atoms with E-state index in [0.717, 1.165) is 68.0 Å². The molecule has 0 radical (unpaired) electrons. The molecule has 0 amide bonds. The number of ether oxygens (including phenoxy) is 2. The van der Waals surface area contributed by atoms with E-state index in [2.05, 4.69) is 30.8 Å². The summed E-state index contributed by atoms with van der Waals surface area (Å²) in [7, 11) is 0. The maximum Gasteiger partial charge on any atom is 0.159 e. The van der Waals surface area contributed by atoms with Crippen molar-refractivity contribution in [2.45, 2.75) is 13.8 Å². The Morgan fingerprint density at radius 2 is 1.06 bits per heavy atom. The van der Waals surface area contributed by atoms with Crippen LogP contribution in [0.3, 0.4) is 0 Å². The maximum atomic E-state index is 11.3. The molecule has 2 aliphatic heterocycles. The third-order valence-corrected chi connectivity index (χ3v) is 7.47. The number of Topliss-reactive ketones (excluding diaryl/α,β-unsaturated/α-hetero) is 2. The lowest BCUT2D eigenvalue weighted by atomic mass is 10.1. The fourth-order valence-electron chi connectivity index (χ4n) is 4.47. The number of benzene rings is 2. The van der Waals surface area contributed by atoms with E-state index in [-0.39, 0.29) is 11.6 Å². The van der Waals surface area contributed by atoms with Crippen LogP contribution in [0.4, 0.5) is 28.6 Å². The fourth-order valence-corrected chi connectivity index (χ4v) is 5.14. The number of aromatic nitrogens is 2. The molecule has 47 heavy (non-hydrogen) atoms. The molecule has 4 heterocycles. The molecule has 0 aliphatic carbocycles. The number of hydrogen-bond donors (Lipinski definition) is 3. The third kappa shape index (κ3) is 12.4. The van der Waals surface area contributed by atoms with Gasteiger partial charge in [-0.3, -0.25) is 9.59 Å². The van der Waals surface area contributed by atoms with Gasteiger partial charge in [0, 0.05) is 66.1 Å². The van der Waals surface area contributed by atoms with E-state index in [4.69, 9.17) is 44.3 Å². The van der Waals surface area contributed by atoms with Crippen molar-refractivity contribution in [1.29, 1.82) is 0 Å². The highest BCUT2D eigenvalue weighted by Gasteiger charge is 2.14. The molecule has 10 nitrogen and oxygen atoms in total. The van der Waals surface area contributed by atoms with E-state index >= 15 is 0 Å². The zero-order chi connectivity index (χ0) is 33.6. The molecular formula is C34H37Cl3N6O4. The van der Waals surface area contributed by atoms with E-state index in [1.165, 1.54) is 6.92 Å². The highest BCUT2D eigenvalue weighted by molar-refractivity contribution is 6.32. The van der Waals surface area contributed by atoms with Crippen molar-refractivity contribution in [2.24, 2.45) is 0 Å². The van der Waals surface area contributed by atoms with E-state index in [9.17, 15) is 9.59 Å². The molecule has 2 aromatic carbocycles. The Hall–Kier alpha value is -3.77. The second-order valence-corrected chi connectivity index (χ2v) is 11.7. The molecule has 2 fully saturated rings. The van der Waals surface area contributed by atoms with E-state index in [1.807, 2.05) is 30.3 Å². The summed E-state index contributed by atoms with van der Waals surface area (Å²) in [5.41, 5.74) is 4.71. The van der Waals surface area contributed by atoms with Gasteiger partial charge in [0.2, 0.25) is 0 Å². The number of nitrogens with zero attached hydrogens (tertiary/aromatic N) is 3. The number of halogens is 3. The Morgan fingerprint density at radius 3 is 1.47 bits per heavy atom. The molecule has 0 saturated carbocycles. The lowest BCUT2D eigenvalue weighted by Crippen LogP contribution is -2.36. The molecule has 13 heteroatoms. The lowest BCUT2D eigenvalue weighted by molar-refractivity contribution is 0.100. The molecule has 2 aromatic heterocycles. The smallest absolute Gasteiger partial charge is 0.159 e. The van der Waals surface area contributed by atoms with Crippen LogP contribution in [0.1, 0.15) is 34.6 Å². The van der Waals surface area contributed by atoms with Gasteiger partial charge in [-0.2, -0.15) is 0 Å². The van der Waals surface area contributed by atoms with Gasteiger partial charge in [-0.05, 0) is 80.6 Å². The molecule has 2 aliphatic rings. The highest BCUT2D eigenvalue weighted by Crippen LogP contribution is 2.26. The summed E-state index contributed by atoms with van der Waals surface area (Å²) in [6.45, 7) is 9.93. The molecule has 2 saturated heterocycles. The Bertz CT molecular complexity index is 1580. The van der Waals surface area contributed by atoms with Crippen LogP contribution in [0.25, 0.3) is 0 Å². The standard InChI is InChI=1S/C17H18ClN3O2.C13H10Cl2N2O.C4H9NO/c1-12(22)13-2-4-14(5-3-13)19-15-10-16(18)20-17(11-15)21-6-8-23-9-7-21;1-8(18)9-2-4-10(5-3-9)16-11-6-12(14)17-13(15)7-11;1-3-6-4-2-5-1/h2-5,10-11H,6-9H2,1H3,(H,19,20);2-7H,1H3,(H,16,17);5H,1-4H2. The topological polar surface area (TPSA) is 118 Å². The first-order valence-corrected chi connectivity index (χ1v) is 16.2. The number of ketones is 2. The van der Waals surface area contributed by atoms with Gasteiger partial charge in [0.1, 0.15) is 21.3 Å². The van der Waals surface area contributed by atoms with Crippen LogP contribution in [0, 0.1) is 0 Å². The van der Waals surface area contributed by atoms with E-state index in [0.29, 0.717) is 39.8 Å². The van der Waals surface area contributed by atoms with Gasteiger partial charge in [0.05, 0.1) is 26.4 Å². The molecule has 3 N–H and O–H groups in total. The first kappa shape index (κ1) is 36.1. The van der Waals surface area contributed by atoms with Crippen LogP contribution in [0.15, 0.2) is 72.8 Å². The summed E-state index contributed by atoms with van der Waals surface area (Å²) >= 11 is 17.8. The third-order valence-electron chi connectivity index (χ3n) is 6.89. The van der Waals surface area contributed by atoms with Crippen molar-refractivity contribution in [3.05, 3.63) is 99.4 Å². The SMILES string of the molecule is C1COCCN1.CC(=O)c1ccc(Nc2cc(Cl)nc(Cl)c2)cc1.CC(=O)c1ccc(Nc2cc(Cl)nc(N3CCOCC3)c2)cc1. The van der Waals surface area contributed by atoms with Crippen molar-refractivity contribution in [3.8, 4) is 0 Å². The fraction of sp³-hybridized carbons (Fsp3) is 0.294. The van der Waals surface area contributed by atoms with E-state index in [1.54, 1.807) is 49.4 Å². The largest absolute Gasteiger partial charge is 0.379 e.